The average molecular weight is 382 g/mol. The number of amides is 1. The molecule has 1 atom stereocenters. The lowest BCUT2D eigenvalue weighted by Crippen LogP contribution is -2.34. The number of hydrogen-bond acceptors (Lipinski definition) is 6. The molecule has 27 heavy (non-hydrogen) atoms. The van der Waals surface area contributed by atoms with Gasteiger partial charge in [0.25, 0.3) is 0 Å². The predicted octanol–water partition coefficient (Wildman–Crippen LogP) is 3.70. The van der Waals surface area contributed by atoms with Crippen LogP contribution < -0.4 is 5.43 Å². The maximum absolute atomic E-state index is 12.7. The van der Waals surface area contributed by atoms with Gasteiger partial charge in [0, 0.05) is 13.1 Å². The average Bonchev–Trinajstić information content (AvgIpc) is 3.04. The van der Waals surface area contributed by atoms with Crippen LogP contribution in [0.1, 0.15) is 61.3 Å². The summed E-state index contributed by atoms with van der Waals surface area (Å²) >= 11 is 0. The molecule has 0 aliphatic carbocycles. The second kappa shape index (κ2) is 10.3. The zero-order chi connectivity index (χ0) is 20.6. The number of likely N-dealkylation sites (tertiary alicyclic amines) is 1. The van der Waals surface area contributed by atoms with Gasteiger partial charge in [-0.15, -0.1) is 0 Å². The molecule has 7 heteroatoms. The fourth-order valence-corrected chi connectivity index (χ4v) is 2.91. The number of rotatable bonds is 7. The normalized spacial score (nSPS) is 17.1. The minimum Gasteiger partial charge on any atom is -0.465 e. The van der Waals surface area contributed by atoms with E-state index in [1.165, 1.54) is 0 Å². The molecule has 1 rings (SSSR count). The van der Waals surface area contributed by atoms with Crippen LogP contribution in [0.5, 0.6) is 0 Å². The van der Waals surface area contributed by atoms with E-state index in [0.717, 1.165) is 31.5 Å². The topological polar surface area (TPSA) is 80.2 Å². The molecule has 0 spiro atoms. The number of carbonyl (C=O) groups is 2. The molecule has 0 radical (unpaired) electrons. The van der Waals surface area contributed by atoms with Crippen molar-refractivity contribution >= 4 is 17.8 Å². The van der Waals surface area contributed by atoms with Gasteiger partial charge in [0.2, 0.25) is 0 Å². The van der Waals surface area contributed by atoms with E-state index in [4.69, 9.17) is 9.47 Å². The summed E-state index contributed by atoms with van der Waals surface area (Å²) < 4.78 is 10.5. The van der Waals surface area contributed by atoms with E-state index >= 15 is 0 Å². The standard InChI is InChI=1S/C20H35N3O4/c1-8-26-18(24)17(15(4)21-22-19(25)27-20(5,6)7)16(14(2)3)13-23-11-9-10-12-23/h13-14,17H,8-12H2,1-7H3,(H,22,25)/b16-13-,21-15+. The zero-order valence-corrected chi connectivity index (χ0v) is 17.8. The number of esters is 1. The van der Waals surface area contributed by atoms with E-state index in [1.54, 1.807) is 34.6 Å². The Kier molecular flexibility index (Phi) is 8.79. The first kappa shape index (κ1) is 23.0. The third-order valence-corrected chi connectivity index (χ3v) is 4.13. The van der Waals surface area contributed by atoms with Gasteiger partial charge in [0.15, 0.2) is 0 Å². The third kappa shape index (κ3) is 8.01. The fourth-order valence-electron chi connectivity index (χ4n) is 2.91. The summed E-state index contributed by atoms with van der Waals surface area (Å²) in [7, 11) is 0. The highest BCUT2D eigenvalue weighted by atomic mass is 16.6. The van der Waals surface area contributed by atoms with Crippen LogP contribution in [-0.2, 0) is 14.3 Å². The van der Waals surface area contributed by atoms with E-state index in [9.17, 15) is 9.59 Å². The molecule has 0 aromatic heterocycles. The van der Waals surface area contributed by atoms with Gasteiger partial charge in [0.05, 0.1) is 12.3 Å². The van der Waals surface area contributed by atoms with E-state index in [1.807, 2.05) is 13.8 Å². The highest BCUT2D eigenvalue weighted by Crippen LogP contribution is 2.25. The van der Waals surface area contributed by atoms with Crippen molar-refractivity contribution in [2.24, 2.45) is 16.9 Å². The van der Waals surface area contributed by atoms with E-state index in [2.05, 4.69) is 21.6 Å². The second-order valence-electron chi connectivity index (χ2n) is 8.08. The molecule has 1 N–H and O–H groups in total. The molecule has 0 saturated carbocycles. The first-order valence-electron chi connectivity index (χ1n) is 9.70. The Hall–Kier alpha value is -2.05. The van der Waals surface area contributed by atoms with Gasteiger partial charge < -0.3 is 14.4 Å². The molecular weight excluding hydrogens is 346 g/mol. The molecule has 1 unspecified atom stereocenters. The number of carbonyl (C=O) groups excluding carboxylic acids is 2. The second-order valence-corrected chi connectivity index (χ2v) is 8.08. The molecule has 7 nitrogen and oxygen atoms in total. The Bertz CT molecular complexity index is 570. The van der Waals surface area contributed by atoms with Crippen molar-refractivity contribution < 1.29 is 19.1 Å². The largest absolute Gasteiger partial charge is 0.465 e. The van der Waals surface area contributed by atoms with Crippen molar-refractivity contribution in [3.05, 3.63) is 11.8 Å². The van der Waals surface area contributed by atoms with Crippen LogP contribution in [0.25, 0.3) is 0 Å². The lowest BCUT2D eigenvalue weighted by atomic mass is 9.87. The Morgan fingerprint density at radius 1 is 1.22 bits per heavy atom. The first-order valence-corrected chi connectivity index (χ1v) is 9.70. The zero-order valence-electron chi connectivity index (χ0n) is 17.8. The van der Waals surface area contributed by atoms with Crippen LogP contribution in [0, 0.1) is 11.8 Å². The fraction of sp³-hybridized carbons (Fsp3) is 0.750. The molecule has 0 aromatic carbocycles. The third-order valence-electron chi connectivity index (χ3n) is 4.13. The molecule has 1 aliphatic rings. The maximum atomic E-state index is 12.7. The smallest absolute Gasteiger partial charge is 0.428 e. The molecule has 154 valence electrons. The number of hydrazone groups is 1. The van der Waals surface area contributed by atoms with Crippen LogP contribution in [0.15, 0.2) is 16.9 Å². The summed E-state index contributed by atoms with van der Waals surface area (Å²) in [6.07, 6.45) is 3.71. The Balaban J connectivity index is 3.08. The van der Waals surface area contributed by atoms with E-state index in [0.29, 0.717) is 5.71 Å². The van der Waals surface area contributed by atoms with Gasteiger partial charge in [-0.25, -0.2) is 10.2 Å². The molecule has 1 heterocycles. The lowest BCUT2D eigenvalue weighted by Gasteiger charge is -2.25. The Morgan fingerprint density at radius 3 is 2.30 bits per heavy atom. The van der Waals surface area contributed by atoms with E-state index < -0.39 is 17.6 Å². The van der Waals surface area contributed by atoms with Gasteiger partial charge in [-0.2, -0.15) is 5.10 Å². The summed E-state index contributed by atoms with van der Waals surface area (Å²) in [5, 5.41) is 4.12. The Morgan fingerprint density at radius 2 is 1.81 bits per heavy atom. The van der Waals surface area contributed by atoms with Crippen molar-refractivity contribution in [3.63, 3.8) is 0 Å². The highest BCUT2D eigenvalue weighted by molar-refractivity contribution is 6.04. The Labute approximate surface area is 163 Å². The highest BCUT2D eigenvalue weighted by Gasteiger charge is 2.30. The van der Waals surface area contributed by atoms with Gasteiger partial charge in [0.1, 0.15) is 11.5 Å². The molecule has 1 saturated heterocycles. The molecule has 1 fully saturated rings. The van der Waals surface area contributed by atoms with Crippen molar-refractivity contribution in [3.8, 4) is 0 Å². The quantitative estimate of drug-likeness (QED) is 0.413. The van der Waals surface area contributed by atoms with Crippen molar-refractivity contribution in [2.45, 2.75) is 66.9 Å². The van der Waals surface area contributed by atoms with Crippen molar-refractivity contribution in [2.75, 3.05) is 19.7 Å². The predicted molar refractivity (Wildman–Crippen MR) is 106 cm³/mol. The van der Waals surface area contributed by atoms with Crippen LogP contribution in [-0.4, -0.2) is 48.0 Å². The molecule has 0 bridgehead atoms. The monoisotopic (exact) mass is 381 g/mol. The first-order chi connectivity index (χ1) is 12.5. The molecular formula is C20H35N3O4. The molecule has 0 aromatic rings. The number of ether oxygens (including phenoxy) is 2. The van der Waals surface area contributed by atoms with Crippen LogP contribution in [0.2, 0.25) is 0 Å². The number of nitrogens with zero attached hydrogens (tertiary/aromatic N) is 2. The minimum atomic E-state index is -0.654. The minimum absolute atomic E-state index is 0.131. The number of nitrogens with one attached hydrogen (secondary N) is 1. The summed E-state index contributed by atoms with van der Waals surface area (Å²) in [4.78, 5) is 26.8. The summed E-state index contributed by atoms with van der Waals surface area (Å²) in [6, 6.07) is 0. The summed E-state index contributed by atoms with van der Waals surface area (Å²) in [5.74, 6) is -0.865. The van der Waals surface area contributed by atoms with Gasteiger partial charge in [-0.05, 0) is 65.2 Å². The van der Waals surface area contributed by atoms with Gasteiger partial charge in [-0.3, -0.25) is 4.79 Å². The SMILES string of the molecule is CCOC(=O)C(/C(=C\N1CCCC1)C(C)C)/C(C)=N/NC(=O)OC(C)(C)C. The number of hydrogen-bond donors (Lipinski definition) is 1. The van der Waals surface area contributed by atoms with Gasteiger partial charge >= 0.3 is 12.1 Å². The van der Waals surface area contributed by atoms with Crippen LogP contribution >= 0.6 is 0 Å². The van der Waals surface area contributed by atoms with Gasteiger partial charge in [-0.1, -0.05) is 13.8 Å². The summed E-state index contributed by atoms with van der Waals surface area (Å²) in [5.41, 5.74) is 3.17. The molecule has 1 amide bonds. The van der Waals surface area contributed by atoms with Crippen molar-refractivity contribution in [1.82, 2.24) is 10.3 Å². The van der Waals surface area contributed by atoms with Crippen LogP contribution in [0.3, 0.4) is 0 Å². The maximum Gasteiger partial charge on any atom is 0.428 e. The van der Waals surface area contributed by atoms with E-state index in [-0.39, 0.29) is 18.5 Å². The van der Waals surface area contributed by atoms with Crippen LogP contribution in [0.4, 0.5) is 4.79 Å². The summed E-state index contributed by atoms with van der Waals surface area (Å²) in [6.45, 7) is 15.2. The van der Waals surface area contributed by atoms with Crippen molar-refractivity contribution in [1.29, 1.82) is 0 Å². The lowest BCUT2D eigenvalue weighted by molar-refractivity contribution is -0.144. The molecule has 1 aliphatic heterocycles.